The van der Waals surface area contributed by atoms with Gasteiger partial charge < -0.3 is 9.84 Å². The molecule has 0 aliphatic heterocycles. The van der Waals surface area contributed by atoms with Crippen LogP contribution < -0.4 is 4.74 Å². The molecule has 5 nitrogen and oxygen atoms in total. The summed E-state index contributed by atoms with van der Waals surface area (Å²) in [6.45, 7) is 2.33. The molecule has 0 aromatic heterocycles. The molecule has 0 atom stereocenters. The van der Waals surface area contributed by atoms with Gasteiger partial charge in [-0.1, -0.05) is 18.2 Å². The number of carboxylic acid groups (broad SMARTS) is 1. The smallest absolute Gasteiger partial charge is 0.324 e. The quantitative estimate of drug-likeness (QED) is 0.915. The van der Waals surface area contributed by atoms with Crippen molar-refractivity contribution < 1.29 is 23.1 Å². The Bertz CT molecular complexity index is 762. The minimum atomic E-state index is -3.98. The van der Waals surface area contributed by atoms with Crippen molar-refractivity contribution in [2.75, 3.05) is 0 Å². The molecule has 2 rings (SSSR count). The maximum absolute atomic E-state index is 12.3. The Labute approximate surface area is 129 Å². The molecular formula is C16H16O5S. The summed E-state index contributed by atoms with van der Waals surface area (Å²) in [4.78, 5) is 11.1. The van der Waals surface area contributed by atoms with Crippen molar-refractivity contribution in [3.05, 3.63) is 54.6 Å². The zero-order chi connectivity index (χ0) is 16.4. The van der Waals surface area contributed by atoms with Gasteiger partial charge in [-0.2, -0.15) is 0 Å². The molecule has 116 valence electrons. The van der Waals surface area contributed by atoms with Gasteiger partial charge in [0.25, 0.3) is 0 Å². The third kappa shape index (κ3) is 2.96. The van der Waals surface area contributed by atoms with E-state index in [4.69, 9.17) is 9.84 Å². The highest BCUT2D eigenvalue weighted by Crippen LogP contribution is 2.28. The van der Waals surface area contributed by atoms with Gasteiger partial charge >= 0.3 is 5.97 Å². The summed E-state index contributed by atoms with van der Waals surface area (Å²) in [6.07, 6.45) is 0. The lowest BCUT2D eigenvalue weighted by molar-refractivity contribution is -0.139. The van der Waals surface area contributed by atoms with E-state index in [1.165, 1.54) is 38.1 Å². The van der Waals surface area contributed by atoms with Gasteiger partial charge in [0.05, 0.1) is 4.90 Å². The number of rotatable bonds is 5. The van der Waals surface area contributed by atoms with Crippen molar-refractivity contribution in [2.24, 2.45) is 0 Å². The lowest BCUT2D eigenvalue weighted by Gasteiger charge is -2.19. The molecule has 0 heterocycles. The number of ether oxygens (including phenoxy) is 1. The number of aliphatic carboxylic acids is 1. The Hall–Kier alpha value is -2.34. The fourth-order valence-electron chi connectivity index (χ4n) is 1.72. The number of carbonyl (C=O) groups is 1. The molecule has 2 aromatic carbocycles. The van der Waals surface area contributed by atoms with Crippen molar-refractivity contribution in [3.63, 3.8) is 0 Å². The van der Waals surface area contributed by atoms with Gasteiger partial charge in [0.15, 0.2) is 14.6 Å². The number of para-hydroxylation sites is 1. The number of hydrogen-bond acceptors (Lipinski definition) is 4. The van der Waals surface area contributed by atoms with Gasteiger partial charge in [0.1, 0.15) is 11.5 Å². The van der Waals surface area contributed by atoms with Crippen LogP contribution in [0.1, 0.15) is 13.8 Å². The molecular weight excluding hydrogens is 304 g/mol. The van der Waals surface area contributed by atoms with E-state index in [1.807, 2.05) is 18.2 Å². The molecule has 6 heteroatoms. The van der Waals surface area contributed by atoms with E-state index in [1.54, 1.807) is 12.1 Å². The van der Waals surface area contributed by atoms with Crippen molar-refractivity contribution in [3.8, 4) is 11.5 Å². The lowest BCUT2D eigenvalue weighted by Crippen LogP contribution is -2.40. The van der Waals surface area contributed by atoms with Crippen molar-refractivity contribution >= 4 is 15.8 Å². The standard InChI is InChI=1S/C16H16O5S/c1-16(2,15(17)18)22(19,20)14-10-8-13(9-11-14)21-12-6-4-3-5-7-12/h3-11H,1-2H3,(H,17,18). The van der Waals surface area contributed by atoms with E-state index in [9.17, 15) is 13.2 Å². The predicted octanol–water partition coefficient (Wildman–Crippen LogP) is 3.12. The van der Waals surface area contributed by atoms with Crippen LogP contribution in [-0.4, -0.2) is 24.2 Å². The third-order valence-corrected chi connectivity index (χ3v) is 5.71. The Balaban J connectivity index is 2.28. The van der Waals surface area contributed by atoms with Gasteiger partial charge in [0, 0.05) is 0 Å². The van der Waals surface area contributed by atoms with E-state index < -0.39 is 20.6 Å². The second-order valence-electron chi connectivity index (χ2n) is 5.21. The third-order valence-electron chi connectivity index (χ3n) is 3.30. The van der Waals surface area contributed by atoms with Crippen molar-refractivity contribution in [2.45, 2.75) is 23.5 Å². The molecule has 0 unspecified atom stereocenters. The minimum absolute atomic E-state index is 0.0553. The van der Waals surface area contributed by atoms with Crippen LogP contribution in [0.15, 0.2) is 59.5 Å². The number of sulfone groups is 1. The van der Waals surface area contributed by atoms with Gasteiger partial charge in [-0.3, -0.25) is 4.79 Å². The van der Waals surface area contributed by atoms with Gasteiger partial charge in [-0.15, -0.1) is 0 Å². The van der Waals surface area contributed by atoms with Crippen LogP contribution in [0.4, 0.5) is 0 Å². The fourth-order valence-corrected chi connectivity index (χ4v) is 3.03. The number of hydrogen-bond donors (Lipinski definition) is 1. The first-order valence-corrected chi connectivity index (χ1v) is 8.04. The van der Waals surface area contributed by atoms with E-state index in [0.717, 1.165) is 0 Å². The summed E-state index contributed by atoms with van der Waals surface area (Å²) in [7, 11) is -3.98. The average Bonchev–Trinajstić information content (AvgIpc) is 2.48. The topological polar surface area (TPSA) is 80.7 Å². The largest absolute Gasteiger partial charge is 0.480 e. The van der Waals surface area contributed by atoms with Gasteiger partial charge in [0.2, 0.25) is 0 Å². The maximum Gasteiger partial charge on any atom is 0.324 e. The summed E-state index contributed by atoms with van der Waals surface area (Å²) in [5, 5.41) is 9.08. The second kappa shape index (κ2) is 5.81. The van der Waals surface area contributed by atoms with Crippen molar-refractivity contribution in [1.82, 2.24) is 0 Å². The predicted molar refractivity (Wildman–Crippen MR) is 81.9 cm³/mol. The van der Waals surface area contributed by atoms with Gasteiger partial charge in [-0.25, -0.2) is 8.42 Å². The summed E-state index contributed by atoms with van der Waals surface area (Å²) in [5.74, 6) is -0.292. The lowest BCUT2D eigenvalue weighted by atomic mass is 10.2. The first-order valence-electron chi connectivity index (χ1n) is 6.56. The van der Waals surface area contributed by atoms with E-state index in [-0.39, 0.29) is 4.90 Å². The van der Waals surface area contributed by atoms with Crippen LogP contribution in [0.25, 0.3) is 0 Å². The summed E-state index contributed by atoms with van der Waals surface area (Å²) >= 11 is 0. The fraction of sp³-hybridized carbons (Fsp3) is 0.188. The number of carboxylic acids is 1. The molecule has 0 bridgehead atoms. The first kappa shape index (κ1) is 16.0. The molecule has 0 amide bonds. The Morgan fingerprint density at radius 2 is 1.45 bits per heavy atom. The molecule has 1 N–H and O–H groups in total. The molecule has 0 saturated carbocycles. The summed E-state index contributed by atoms with van der Waals surface area (Å²) in [5.41, 5.74) is 0. The molecule has 0 fully saturated rings. The normalized spacial score (nSPS) is 11.9. The molecule has 22 heavy (non-hydrogen) atoms. The van der Waals surface area contributed by atoms with Crippen molar-refractivity contribution in [1.29, 1.82) is 0 Å². The molecule has 0 radical (unpaired) electrons. The van der Waals surface area contributed by atoms with Crippen LogP contribution in [0, 0.1) is 0 Å². The zero-order valence-electron chi connectivity index (χ0n) is 12.2. The summed E-state index contributed by atoms with van der Waals surface area (Å²) < 4.78 is 28.4. The second-order valence-corrected chi connectivity index (χ2v) is 7.70. The van der Waals surface area contributed by atoms with E-state index in [2.05, 4.69) is 0 Å². The van der Waals surface area contributed by atoms with Crippen LogP contribution in [-0.2, 0) is 14.6 Å². The Kier molecular flexibility index (Phi) is 4.23. The molecule has 0 saturated heterocycles. The molecule has 0 aliphatic carbocycles. The first-order chi connectivity index (χ1) is 10.2. The highest BCUT2D eigenvalue weighted by molar-refractivity contribution is 7.93. The minimum Gasteiger partial charge on any atom is -0.480 e. The highest BCUT2D eigenvalue weighted by atomic mass is 32.2. The van der Waals surface area contributed by atoms with Crippen LogP contribution in [0.5, 0.6) is 11.5 Å². The molecule has 0 aliphatic rings. The average molecular weight is 320 g/mol. The summed E-state index contributed by atoms with van der Waals surface area (Å²) in [6, 6.07) is 14.7. The SMILES string of the molecule is CC(C)(C(=O)O)S(=O)(=O)c1ccc(Oc2ccccc2)cc1. The Morgan fingerprint density at radius 1 is 0.955 bits per heavy atom. The highest BCUT2D eigenvalue weighted by Gasteiger charge is 2.42. The van der Waals surface area contributed by atoms with Gasteiger partial charge in [-0.05, 0) is 50.2 Å². The number of benzene rings is 2. The van der Waals surface area contributed by atoms with E-state index in [0.29, 0.717) is 11.5 Å². The van der Waals surface area contributed by atoms with Crippen LogP contribution >= 0.6 is 0 Å². The molecule has 0 spiro atoms. The zero-order valence-corrected chi connectivity index (χ0v) is 13.0. The van der Waals surface area contributed by atoms with Crippen LogP contribution in [0.2, 0.25) is 0 Å². The maximum atomic E-state index is 12.3. The Morgan fingerprint density at radius 3 is 1.95 bits per heavy atom. The van der Waals surface area contributed by atoms with E-state index >= 15 is 0 Å². The molecule has 2 aromatic rings. The van der Waals surface area contributed by atoms with Crippen LogP contribution in [0.3, 0.4) is 0 Å². The monoisotopic (exact) mass is 320 g/mol.